The summed E-state index contributed by atoms with van der Waals surface area (Å²) in [4.78, 5) is 0. The van der Waals surface area contributed by atoms with Crippen LogP contribution in [-0.2, 0) is 68.6 Å². The number of rotatable bonds is 1. The van der Waals surface area contributed by atoms with E-state index in [0.717, 1.165) is 0 Å². The van der Waals surface area contributed by atoms with E-state index >= 15 is 0 Å². The summed E-state index contributed by atoms with van der Waals surface area (Å²) in [6.45, 7) is 8.66. The van der Waals surface area contributed by atoms with E-state index in [1.54, 1.807) is 0 Å². The first-order chi connectivity index (χ1) is 5.54. The van der Waals surface area contributed by atoms with Gasteiger partial charge in [0.05, 0.1) is 0 Å². The fraction of sp³-hybridized carbons (Fsp3) is 0.417. The molecule has 0 saturated carbocycles. The van der Waals surface area contributed by atoms with Crippen LogP contribution in [0.25, 0.3) is 0 Å². The molecule has 15 heavy (non-hydrogen) atoms. The SMILES string of the molecule is C[CH-]c1[c-]c(C(C)(C)C)ccc1.[W].[W].[W]. The first-order valence-electron chi connectivity index (χ1n) is 4.36. The van der Waals surface area contributed by atoms with E-state index in [0.29, 0.717) is 0 Å². The van der Waals surface area contributed by atoms with Gasteiger partial charge in [-0.2, -0.15) is 11.6 Å². The Labute approximate surface area is 137 Å². The predicted octanol–water partition coefficient (Wildman–Crippen LogP) is 3.35. The molecular formula is C12H16W3-2. The summed E-state index contributed by atoms with van der Waals surface area (Å²) in [5.41, 5.74) is 2.67. The molecule has 0 saturated heterocycles. The minimum Gasteiger partial charge on any atom is -0.371 e. The molecule has 0 atom stereocenters. The largest absolute Gasteiger partial charge is 0.371 e. The molecule has 0 N–H and O–H groups in total. The third-order valence-electron chi connectivity index (χ3n) is 1.94. The Morgan fingerprint density at radius 2 is 1.60 bits per heavy atom. The van der Waals surface area contributed by atoms with Gasteiger partial charge >= 0.3 is 0 Å². The number of hydrogen-bond acceptors (Lipinski definition) is 0. The maximum Gasteiger partial charge on any atom is 0 e. The average molecular weight is 712 g/mol. The van der Waals surface area contributed by atoms with Crippen LogP contribution in [0.15, 0.2) is 18.2 Å². The standard InChI is InChI=1S/C12H16.3W/c1-5-10-7-6-8-11(9-10)12(2,3)4;;;/h5-8H,1-4H3;;;/q-2;;;. The molecule has 1 rings (SSSR count). The van der Waals surface area contributed by atoms with Crippen molar-refractivity contribution in [2.75, 3.05) is 0 Å². The van der Waals surface area contributed by atoms with Gasteiger partial charge in [0.1, 0.15) is 0 Å². The second kappa shape index (κ2) is 9.21. The second-order valence-corrected chi connectivity index (χ2v) is 4.06. The summed E-state index contributed by atoms with van der Waals surface area (Å²) >= 11 is 0. The fourth-order valence-corrected chi connectivity index (χ4v) is 1.09. The van der Waals surface area contributed by atoms with Crippen LogP contribution in [0.1, 0.15) is 38.8 Å². The molecule has 1 aromatic carbocycles. The Morgan fingerprint density at radius 1 is 1.07 bits per heavy atom. The van der Waals surface area contributed by atoms with Crippen molar-refractivity contribution >= 4 is 0 Å². The quantitative estimate of drug-likeness (QED) is 0.393. The van der Waals surface area contributed by atoms with E-state index in [1.807, 2.05) is 6.92 Å². The molecule has 0 aliphatic rings. The molecule has 0 fully saturated rings. The van der Waals surface area contributed by atoms with Crippen LogP contribution < -0.4 is 0 Å². The molecular weight excluding hydrogens is 696 g/mol. The van der Waals surface area contributed by atoms with Crippen molar-refractivity contribution in [1.82, 2.24) is 0 Å². The Bertz CT molecular complexity index is 264. The fourth-order valence-electron chi connectivity index (χ4n) is 1.09. The Balaban J connectivity index is -0.000000480. The third kappa shape index (κ3) is 7.15. The van der Waals surface area contributed by atoms with Crippen molar-refractivity contribution in [2.45, 2.75) is 33.1 Å². The van der Waals surface area contributed by atoms with Crippen LogP contribution in [0.3, 0.4) is 0 Å². The molecule has 0 heterocycles. The van der Waals surface area contributed by atoms with Crippen molar-refractivity contribution in [3.05, 3.63) is 41.8 Å². The Morgan fingerprint density at radius 3 is 2.00 bits per heavy atom. The van der Waals surface area contributed by atoms with Crippen molar-refractivity contribution in [2.24, 2.45) is 0 Å². The molecule has 0 bridgehead atoms. The van der Waals surface area contributed by atoms with Crippen molar-refractivity contribution in [3.63, 3.8) is 0 Å². The zero-order valence-electron chi connectivity index (χ0n) is 9.53. The molecule has 0 amide bonds. The number of benzene rings is 1. The van der Waals surface area contributed by atoms with Crippen LogP contribution in [0, 0.1) is 12.5 Å². The van der Waals surface area contributed by atoms with Gasteiger partial charge in [-0.05, 0) is 5.41 Å². The molecule has 0 aromatic heterocycles. The molecule has 1 aromatic rings. The minimum absolute atomic E-state index is 0. The normalized spacial score (nSPS) is 9.07. The Hall–Kier alpha value is 1.15. The molecule has 0 unspecified atom stereocenters. The van der Waals surface area contributed by atoms with Crippen molar-refractivity contribution in [3.8, 4) is 0 Å². The summed E-state index contributed by atoms with van der Waals surface area (Å²) in [6.07, 6.45) is 2.08. The molecule has 0 aliphatic heterocycles. The molecule has 3 heteroatoms. The topological polar surface area (TPSA) is 0 Å². The van der Waals surface area contributed by atoms with Crippen LogP contribution in [0.2, 0.25) is 0 Å². The summed E-state index contributed by atoms with van der Waals surface area (Å²) < 4.78 is 0. The number of hydrogen-bond donors (Lipinski definition) is 0. The van der Waals surface area contributed by atoms with Gasteiger partial charge in [-0.15, -0.1) is 13.0 Å². The van der Waals surface area contributed by atoms with E-state index in [2.05, 4.69) is 51.5 Å². The zero-order chi connectivity index (χ0) is 9.19. The van der Waals surface area contributed by atoms with Gasteiger partial charge in [-0.1, -0.05) is 20.8 Å². The van der Waals surface area contributed by atoms with E-state index < -0.39 is 0 Å². The van der Waals surface area contributed by atoms with Crippen molar-refractivity contribution in [1.29, 1.82) is 0 Å². The molecule has 0 spiro atoms. The van der Waals surface area contributed by atoms with Crippen LogP contribution in [-0.4, -0.2) is 0 Å². The van der Waals surface area contributed by atoms with Gasteiger partial charge in [0.25, 0.3) is 0 Å². The summed E-state index contributed by atoms with van der Waals surface area (Å²) in [5.74, 6) is 0. The van der Waals surface area contributed by atoms with Gasteiger partial charge in [-0.3, -0.25) is 6.07 Å². The summed E-state index contributed by atoms with van der Waals surface area (Å²) in [5, 5.41) is 0. The summed E-state index contributed by atoms with van der Waals surface area (Å²) in [6, 6.07) is 9.68. The van der Waals surface area contributed by atoms with Gasteiger partial charge in [0.2, 0.25) is 0 Å². The molecule has 0 radical (unpaired) electrons. The predicted molar refractivity (Wildman–Crippen MR) is 53.1 cm³/mol. The maximum atomic E-state index is 3.38. The minimum atomic E-state index is 0. The molecule has 84 valence electrons. The molecule has 0 aliphatic carbocycles. The monoisotopic (exact) mass is 712 g/mol. The molecule has 0 nitrogen and oxygen atoms in total. The Kier molecular flexibility index (Phi) is 13.2. The summed E-state index contributed by atoms with van der Waals surface area (Å²) in [7, 11) is 0. The van der Waals surface area contributed by atoms with E-state index in [4.69, 9.17) is 0 Å². The van der Waals surface area contributed by atoms with Crippen molar-refractivity contribution < 1.29 is 63.2 Å². The average Bonchev–Trinajstić information content (AvgIpc) is 2.03. The van der Waals surface area contributed by atoms with Gasteiger partial charge in [-0.25, -0.2) is 0 Å². The maximum absolute atomic E-state index is 3.38. The van der Waals surface area contributed by atoms with Gasteiger partial charge in [0.15, 0.2) is 0 Å². The van der Waals surface area contributed by atoms with Gasteiger partial charge < -0.3 is 18.1 Å². The first-order valence-corrected chi connectivity index (χ1v) is 4.36. The van der Waals surface area contributed by atoms with E-state index in [9.17, 15) is 0 Å². The van der Waals surface area contributed by atoms with Crippen LogP contribution in [0.4, 0.5) is 0 Å². The first kappa shape index (κ1) is 21.4. The smallest absolute Gasteiger partial charge is 0 e. The van der Waals surface area contributed by atoms with E-state index in [1.165, 1.54) is 11.1 Å². The van der Waals surface area contributed by atoms with Gasteiger partial charge in [0, 0.05) is 63.2 Å². The zero-order valence-corrected chi connectivity index (χ0v) is 18.3. The third-order valence-corrected chi connectivity index (χ3v) is 1.94. The second-order valence-electron chi connectivity index (χ2n) is 4.06. The van der Waals surface area contributed by atoms with E-state index in [-0.39, 0.29) is 68.6 Å². The van der Waals surface area contributed by atoms with Crippen LogP contribution >= 0.6 is 0 Å². The van der Waals surface area contributed by atoms with Crippen LogP contribution in [0.5, 0.6) is 0 Å².